The number of nitrogens with zero attached hydrogens (tertiary/aromatic N) is 2. The zero-order chi connectivity index (χ0) is 15.2. The summed E-state index contributed by atoms with van der Waals surface area (Å²) in [6, 6.07) is 7.02. The zero-order valence-corrected chi connectivity index (χ0v) is 11.5. The topological polar surface area (TPSA) is 31.0 Å². The summed E-state index contributed by atoms with van der Waals surface area (Å²) in [7, 11) is 0. The molecule has 0 N–H and O–H groups in total. The Balaban J connectivity index is 2.09. The molecule has 3 rings (SSSR count). The highest BCUT2D eigenvalue weighted by Crippen LogP contribution is 2.35. The van der Waals surface area contributed by atoms with Crippen LogP contribution in [0.1, 0.15) is 22.8 Å². The summed E-state index contributed by atoms with van der Waals surface area (Å²) in [5, 5.41) is 0.906. The van der Waals surface area contributed by atoms with E-state index in [9.17, 15) is 13.2 Å². The van der Waals surface area contributed by atoms with Crippen molar-refractivity contribution >= 4 is 11.0 Å². The van der Waals surface area contributed by atoms with Gasteiger partial charge in [0, 0.05) is 22.8 Å². The van der Waals surface area contributed by atoms with Gasteiger partial charge in [-0.25, -0.2) is 4.98 Å². The van der Waals surface area contributed by atoms with Gasteiger partial charge in [0.05, 0.1) is 6.54 Å². The number of alkyl halides is 3. The van der Waals surface area contributed by atoms with Crippen LogP contribution in [-0.2, 0) is 12.7 Å². The number of fused-ring (bicyclic) bond motifs is 1. The Morgan fingerprint density at radius 2 is 2.00 bits per heavy atom. The maximum atomic E-state index is 13.0. The quantitative estimate of drug-likeness (QED) is 0.705. The zero-order valence-electron chi connectivity index (χ0n) is 11.5. The minimum Gasteiger partial charge on any atom is -0.456 e. The maximum absolute atomic E-state index is 13.0. The van der Waals surface area contributed by atoms with Crippen molar-refractivity contribution in [2.75, 3.05) is 0 Å². The van der Waals surface area contributed by atoms with Crippen molar-refractivity contribution in [2.45, 2.75) is 26.6 Å². The number of aromatic nitrogens is 2. The summed E-state index contributed by atoms with van der Waals surface area (Å²) in [6.45, 7) is 3.44. The molecule has 110 valence electrons. The molecule has 0 unspecified atom stereocenters. The lowest BCUT2D eigenvalue weighted by molar-refractivity contribution is -0.154. The van der Waals surface area contributed by atoms with E-state index >= 15 is 0 Å². The van der Waals surface area contributed by atoms with Crippen molar-refractivity contribution in [3.05, 3.63) is 53.2 Å². The highest BCUT2D eigenvalue weighted by Gasteiger charge is 2.38. The molecule has 0 amide bonds. The van der Waals surface area contributed by atoms with E-state index in [0.29, 0.717) is 5.65 Å². The van der Waals surface area contributed by atoms with Crippen LogP contribution in [0.2, 0.25) is 0 Å². The monoisotopic (exact) mass is 294 g/mol. The van der Waals surface area contributed by atoms with Crippen LogP contribution in [-0.4, -0.2) is 9.55 Å². The number of pyridine rings is 1. The Morgan fingerprint density at radius 1 is 1.24 bits per heavy atom. The van der Waals surface area contributed by atoms with Gasteiger partial charge in [-0.1, -0.05) is 0 Å². The van der Waals surface area contributed by atoms with Crippen LogP contribution >= 0.6 is 0 Å². The molecule has 0 fully saturated rings. The fourth-order valence-electron chi connectivity index (χ4n) is 2.51. The number of halogens is 3. The van der Waals surface area contributed by atoms with Gasteiger partial charge in [0.2, 0.25) is 5.76 Å². The molecule has 0 aliphatic carbocycles. The van der Waals surface area contributed by atoms with E-state index < -0.39 is 11.9 Å². The van der Waals surface area contributed by atoms with Gasteiger partial charge in [0.1, 0.15) is 11.4 Å². The third-order valence-electron chi connectivity index (χ3n) is 3.38. The van der Waals surface area contributed by atoms with E-state index in [1.807, 2.05) is 19.1 Å². The highest BCUT2D eigenvalue weighted by molar-refractivity contribution is 5.77. The maximum Gasteiger partial charge on any atom is 0.449 e. The molecule has 0 aromatic carbocycles. The van der Waals surface area contributed by atoms with Crippen molar-refractivity contribution in [1.29, 1.82) is 0 Å². The first-order chi connectivity index (χ1) is 9.86. The lowest BCUT2D eigenvalue weighted by atomic mass is 10.2. The largest absolute Gasteiger partial charge is 0.456 e. The molecule has 6 heteroatoms. The Morgan fingerprint density at radius 3 is 2.71 bits per heavy atom. The van der Waals surface area contributed by atoms with E-state index in [2.05, 4.69) is 4.98 Å². The third-order valence-corrected chi connectivity index (χ3v) is 3.38. The van der Waals surface area contributed by atoms with Crippen LogP contribution in [0.4, 0.5) is 13.2 Å². The first-order valence-corrected chi connectivity index (χ1v) is 6.43. The summed E-state index contributed by atoms with van der Waals surface area (Å²) in [5.41, 5.74) is 1.64. The van der Waals surface area contributed by atoms with E-state index in [4.69, 9.17) is 4.42 Å². The van der Waals surface area contributed by atoms with Gasteiger partial charge in [-0.15, -0.1) is 0 Å². The fourth-order valence-corrected chi connectivity index (χ4v) is 2.51. The molecule has 0 aliphatic heterocycles. The average Bonchev–Trinajstić information content (AvgIpc) is 2.91. The second kappa shape index (κ2) is 4.65. The van der Waals surface area contributed by atoms with Crippen molar-refractivity contribution in [1.82, 2.24) is 9.55 Å². The van der Waals surface area contributed by atoms with Crippen LogP contribution in [0.3, 0.4) is 0 Å². The van der Waals surface area contributed by atoms with Crippen molar-refractivity contribution in [3.8, 4) is 0 Å². The number of hydrogen-bond donors (Lipinski definition) is 0. The van der Waals surface area contributed by atoms with Crippen molar-refractivity contribution in [3.63, 3.8) is 0 Å². The van der Waals surface area contributed by atoms with E-state index in [1.165, 1.54) is 13.0 Å². The molecule has 0 radical (unpaired) electrons. The normalized spacial score (nSPS) is 12.2. The van der Waals surface area contributed by atoms with E-state index in [0.717, 1.165) is 11.1 Å². The molecular formula is C15H13F3N2O. The Labute approximate surface area is 119 Å². The minimum atomic E-state index is -4.49. The molecule has 0 bridgehead atoms. The standard InChI is InChI=1S/C15H13F3N2O/c1-9-6-11-4-3-5-19-14(11)20(9)8-12-7-10(2)21-13(12)15(16,17)18/h3-7H,8H2,1-2H3. The van der Waals surface area contributed by atoms with Crippen LogP contribution in [0.15, 0.2) is 34.9 Å². The molecule has 3 heterocycles. The molecule has 0 atom stereocenters. The predicted octanol–water partition coefficient (Wildman–Crippen LogP) is 4.31. The molecule has 3 nitrogen and oxygen atoms in total. The van der Waals surface area contributed by atoms with Crippen LogP contribution < -0.4 is 0 Å². The number of hydrogen-bond acceptors (Lipinski definition) is 2. The lowest BCUT2D eigenvalue weighted by Gasteiger charge is -2.09. The highest BCUT2D eigenvalue weighted by atomic mass is 19.4. The number of aryl methyl sites for hydroxylation is 2. The number of rotatable bonds is 2. The average molecular weight is 294 g/mol. The fraction of sp³-hybridized carbons (Fsp3) is 0.267. The Kier molecular flexibility index (Phi) is 3.04. The number of furan rings is 1. The van der Waals surface area contributed by atoms with Gasteiger partial charge in [-0.3, -0.25) is 0 Å². The molecule has 3 aromatic rings. The molecule has 0 aliphatic rings. The Hall–Kier alpha value is -2.24. The molecular weight excluding hydrogens is 281 g/mol. The first kappa shape index (κ1) is 13.7. The van der Waals surface area contributed by atoms with Crippen molar-refractivity contribution < 1.29 is 17.6 Å². The summed E-state index contributed by atoms with van der Waals surface area (Å²) in [4.78, 5) is 4.25. The molecule has 0 spiro atoms. The molecule has 0 saturated carbocycles. The molecule has 0 saturated heterocycles. The lowest BCUT2D eigenvalue weighted by Crippen LogP contribution is -2.10. The minimum absolute atomic E-state index is 0.0819. The molecule has 3 aromatic heterocycles. The van der Waals surface area contributed by atoms with Gasteiger partial charge in [0.15, 0.2) is 0 Å². The smallest absolute Gasteiger partial charge is 0.449 e. The van der Waals surface area contributed by atoms with Crippen LogP contribution in [0.5, 0.6) is 0 Å². The van der Waals surface area contributed by atoms with Crippen molar-refractivity contribution in [2.24, 2.45) is 0 Å². The van der Waals surface area contributed by atoms with Gasteiger partial charge >= 0.3 is 6.18 Å². The predicted molar refractivity (Wildman–Crippen MR) is 72.0 cm³/mol. The van der Waals surface area contributed by atoms with Gasteiger partial charge in [-0.05, 0) is 38.1 Å². The van der Waals surface area contributed by atoms with Gasteiger partial charge < -0.3 is 8.98 Å². The second-order valence-electron chi connectivity index (χ2n) is 5.00. The van der Waals surface area contributed by atoms with E-state index in [-0.39, 0.29) is 17.9 Å². The summed E-state index contributed by atoms with van der Waals surface area (Å²) in [6.07, 6.45) is -2.86. The summed E-state index contributed by atoms with van der Waals surface area (Å²) >= 11 is 0. The van der Waals surface area contributed by atoms with Gasteiger partial charge in [0.25, 0.3) is 0 Å². The summed E-state index contributed by atoms with van der Waals surface area (Å²) in [5.74, 6) is -0.684. The summed E-state index contributed by atoms with van der Waals surface area (Å²) < 4.78 is 45.5. The van der Waals surface area contributed by atoms with E-state index in [1.54, 1.807) is 16.8 Å². The Bertz CT molecular complexity index is 799. The SMILES string of the molecule is Cc1cc(Cn2c(C)cc3cccnc32)c(C(F)(F)F)o1. The first-order valence-electron chi connectivity index (χ1n) is 6.43. The van der Waals surface area contributed by atoms with Crippen LogP contribution in [0, 0.1) is 13.8 Å². The van der Waals surface area contributed by atoms with Gasteiger partial charge in [-0.2, -0.15) is 13.2 Å². The third kappa shape index (κ3) is 2.41. The molecule has 21 heavy (non-hydrogen) atoms. The van der Waals surface area contributed by atoms with Crippen LogP contribution in [0.25, 0.3) is 11.0 Å². The second-order valence-corrected chi connectivity index (χ2v) is 5.00.